The predicted octanol–water partition coefficient (Wildman–Crippen LogP) is 5.11. The van der Waals surface area contributed by atoms with E-state index in [0.29, 0.717) is 24.7 Å². The predicted molar refractivity (Wildman–Crippen MR) is 144 cm³/mol. The van der Waals surface area contributed by atoms with Crippen LogP contribution in [0.3, 0.4) is 0 Å². The molecule has 1 aromatic heterocycles. The summed E-state index contributed by atoms with van der Waals surface area (Å²) in [5.74, 6) is -0.113. The first-order valence-electron chi connectivity index (χ1n) is 12.5. The fourth-order valence-electron chi connectivity index (χ4n) is 4.55. The van der Waals surface area contributed by atoms with Crippen molar-refractivity contribution in [2.24, 2.45) is 0 Å². The van der Waals surface area contributed by atoms with Gasteiger partial charge in [-0.1, -0.05) is 60.7 Å². The lowest BCUT2D eigenvalue weighted by molar-refractivity contribution is -0.117. The zero-order chi connectivity index (χ0) is 25.6. The topological polar surface area (TPSA) is 76.5 Å². The Hall–Kier alpha value is -4.23. The summed E-state index contributed by atoms with van der Waals surface area (Å²) >= 11 is 0. The van der Waals surface area contributed by atoms with Gasteiger partial charge >= 0.3 is 0 Å². The standard InChI is InChI=1S/C30H30N4O3/c1-22-10-8-15-25(18-22)34-20-27(23-11-4-2-5-12-23)31-30(34)32-28(35)21-33(19-26-16-9-17-37-26)29(36)24-13-6-3-7-14-24/h2-8,10-15,18,20,26H,9,16-17,19,21H2,1H3,(H,31,32,35)/t26-/m1/s1. The van der Waals surface area contributed by atoms with E-state index in [4.69, 9.17) is 9.72 Å². The first-order valence-corrected chi connectivity index (χ1v) is 12.5. The molecule has 1 atom stereocenters. The monoisotopic (exact) mass is 494 g/mol. The number of amides is 2. The van der Waals surface area contributed by atoms with Gasteiger partial charge in [0.2, 0.25) is 11.9 Å². The summed E-state index contributed by atoms with van der Waals surface area (Å²) in [4.78, 5) is 32.9. The maximum absolute atomic E-state index is 13.3. The van der Waals surface area contributed by atoms with Crippen molar-refractivity contribution >= 4 is 17.8 Å². The zero-order valence-electron chi connectivity index (χ0n) is 20.8. The van der Waals surface area contributed by atoms with Crippen LogP contribution >= 0.6 is 0 Å². The van der Waals surface area contributed by atoms with Crippen molar-refractivity contribution in [2.75, 3.05) is 25.0 Å². The summed E-state index contributed by atoms with van der Waals surface area (Å²) in [6.07, 6.45) is 3.68. The van der Waals surface area contributed by atoms with Crippen LogP contribution < -0.4 is 5.32 Å². The molecule has 37 heavy (non-hydrogen) atoms. The Morgan fingerprint density at radius 3 is 2.49 bits per heavy atom. The molecule has 7 heteroatoms. The summed E-state index contributed by atoms with van der Waals surface area (Å²) in [5, 5.41) is 2.96. The van der Waals surface area contributed by atoms with Crippen LogP contribution in [0.25, 0.3) is 16.9 Å². The minimum absolute atomic E-state index is 0.0700. The van der Waals surface area contributed by atoms with Gasteiger partial charge in [-0.2, -0.15) is 0 Å². The summed E-state index contributed by atoms with van der Waals surface area (Å²) in [6.45, 7) is 2.97. The van der Waals surface area contributed by atoms with Crippen molar-refractivity contribution < 1.29 is 14.3 Å². The summed E-state index contributed by atoms with van der Waals surface area (Å²) in [5.41, 5.74) is 4.22. The number of imidazole rings is 1. The first kappa shape index (κ1) is 24.5. The number of hydrogen-bond donors (Lipinski definition) is 1. The second-order valence-corrected chi connectivity index (χ2v) is 9.26. The van der Waals surface area contributed by atoms with Crippen LogP contribution in [0.5, 0.6) is 0 Å². The lowest BCUT2D eigenvalue weighted by Gasteiger charge is -2.25. The molecule has 1 aliphatic rings. The van der Waals surface area contributed by atoms with Crippen LogP contribution in [0.15, 0.2) is 91.1 Å². The maximum Gasteiger partial charge on any atom is 0.254 e. The molecule has 2 heterocycles. The average Bonchev–Trinajstić information content (AvgIpc) is 3.59. The highest BCUT2D eigenvalue weighted by Gasteiger charge is 2.26. The van der Waals surface area contributed by atoms with Gasteiger partial charge in [0.05, 0.1) is 11.8 Å². The average molecular weight is 495 g/mol. The number of nitrogens with one attached hydrogen (secondary N) is 1. The Labute approximate surface area is 216 Å². The molecular weight excluding hydrogens is 464 g/mol. The molecule has 0 aliphatic carbocycles. The zero-order valence-corrected chi connectivity index (χ0v) is 20.8. The van der Waals surface area contributed by atoms with E-state index in [-0.39, 0.29) is 24.5 Å². The third kappa shape index (κ3) is 5.95. The summed E-state index contributed by atoms with van der Waals surface area (Å²) < 4.78 is 7.64. The van der Waals surface area contributed by atoms with Crippen LogP contribution in [0, 0.1) is 6.92 Å². The van der Waals surface area contributed by atoms with Gasteiger partial charge in [0.15, 0.2) is 0 Å². The van der Waals surface area contributed by atoms with Crippen molar-refractivity contribution in [3.63, 3.8) is 0 Å². The molecule has 188 valence electrons. The second-order valence-electron chi connectivity index (χ2n) is 9.26. The SMILES string of the molecule is Cc1cccc(-n2cc(-c3ccccc3)nc2NC(=O)CN(C[C@H]2CCCO2)C(=O)c2ccccc2)c1. The highest BCUT2D eigenvalue weighted by molar-refractivity contribution is 5.99. The van der Waals surface area contributed by atoms with Crippen molar-refractivity contribution in [2.45, 2.75) is 25.9 Å². The minimum Gasteiger partial charge on any atom is -0.376 e. The van der Waals surface area contributed by atoms with E-state index in [1.807, 2.05) is 90.5 Å². The molecule has 0 radical (unpaired) electrons. The molecule has 3 aromatic carbocycles. The highest BCUT2D eigenvalue weighted by atomic mass is 16.5. The van der Waals surface area contributed by atoms with Gasteiger partial charge < -0.3 is 9.64 Å². The van der Waals surface area contributed by atoms with E-state index in [2.05, 4.69) is 5.32 Å². The molecule has 5 rings (SSSR count). The Kier molecular flexibility index (Phi) is 7.42. The summed E-state index contributed by atoms with van der Waals surface area (Å²) in [7, 11) is 0. The molecule has 1 aliphatic heterocycles. The number of anilines is 1. The van der Waals surface area contributed by atoms with E-state index < -0.39 is 0 Å². The smallest absolute Gasteiger partial charge is 0.254 e. The van der Waals surface area contributed by atoms with E-state index >= 15 is 0 Å². The van der Waals surface area contributed by atoms with Crippen LogP contribution in [0.4, 0.5) is 5.95 Å². The Balaban J connectivity index is 1.41. The van der Waals surface area contributed by atoms with Gasteiger partial charge in [0, 0.05) is 36.2 Å². The normalized spacial score (nSPS) is 14.9. The van der Waals surface area contributed by atoms with E-state index in [0.717, 1.165) is 35.3 Å². The van der Waals surface area contributed by atoms with Gasteiger partial charge in [-0.15, -0.1) is 0 Å². The number of carbonyl (C=O) groups is 2. The Morgan fingerprint density at radius 2 is 1.78 bits per heavy atom. The van der Waals surface area contributed by atoms with Gasteiger partial charge in [-0.3, -0.25) is 19.5 Å². The van der Waals surface area contributed by atoms with Gasteiger partial charge in [0.1, 0.15) is 6.54 Å². The lowest BCUT2D eigenvalue weighted by Crippen LogP contribution is -2.42. The lowest BCUT2D eigenvalue weighted by atomic mass is 10.1. The first-order chi connectivity index (χ1) is 18.1. The molecule has 0 saturated carbocycles. The molecule has 1 fully saturated rings. The van der Waals surface area contributed by atoms with Crippen LogP contribution in [-0.2, 0) is 9.53 Å². The quantitative estimate of drug-likeness (QED) is 0.369. The molecule has 2 amide bonds. The molecule has 7 nitrogen and oxygen atoms in total. The number of benzene rings is 3. The fraction of sp³-hybridized carbons (Fsp3) is 0.233. The van der Waals surface area contributed by atoms with E-state index in [9.17, 15) is 9.59 Å². The number of aromatic nitrogens is 2. The van der Waals surface area contributed by atoms with Crippen LogP contribution in [-0.4, -0.2) is 52.1 Å². The molecule has 0 spiro atoms. The maximum atomic E-state index is 13.3. The van der Waals surface area contributed by atoms with Gasteiger partial charge in [-0.25, -0.2) is 4.98 Å². The summed E-state index contributed by atoms with van der Waals surface area (Å²) in [6, 6.07) is 26.9. The van der Waals surface area contributed by atoms with E-state index in [1.54, 1.807) is 17.0 Å². The molecule has 4 aromatic rings. The fourth-order valence-corrected chi connectivity index (χ4v) is 4.55. The Morgan fingerprint density at radius 1 is 1.03 bits per heavy atom. The van der Waals surface area contributed by atoms with E-state index in [1.165, 1.54) is 0 Å². The van der Waals surface area contributed by atoms with Gasteiger partial charge in [0.25, 0.3) is 5.91 Å². The number of aryl methyl sites for hydroxylation is 1. The third-order valence-corrected chi connectivity index (χ3v) is 6.40. The van der Waals surface area contributed by atoms with Crippen LogP contribution in [0.1, 0.15) is 28.8 Å². The number of carbonyl (C=O) groups excluding carboxylic acids is 2. The molecule has 0 bridgehead atoms. The van der Waals surface area contributed by atoms with Crippen molar-refractivity contribution in [3.05, 3.63) is 102 Å². The Bertz CT molecular complexity index is 1360. The number of nitrogens with zero attached hydrogens (tertiary/aromatic N) is 3. The van der Waals surface area contributed by atoms with Crippen molar-refractivity contribution in [1.82, 2.24) is 14.5 Å². The number of ether oxygens (including phenoxy) is 1. The van der Waals surface area contributed by atoms with Gasteiger partial charge in [-0.05, 0) is 49.6 Å². The van der Waals surface area contributed by atoms with Crippen LogP contribution in [0.2, 0.25) is 0 Å². The second kappa shape index (κ2) is 11.2. The minimum atomic E-state index is -0.318. The number of rotatable bonds is 8. The molecule has 1 saturated heterocycles. The van der Waals surface area contributed by atoms with Crippen molar-refractivity contribution in [3.8, 4) is 16.9 Å². The molecule has 1 N–H and O–H groups in total. The highest BCUT2D eigenvalue weighted by Crippen LogP contribution is 2.25. The molecular formula is C30H30N4O3. The number of hydrogen-bond acceptors (Lipinski definition) is 4. The third-order valence-electron chi connectivity index (χ3n) is 6.40. The largest absolute Gasteiger partial charge is 0.376 e. The van der Waals surface area contributed by atoms with Crippen molar-refractivity contribution in [1.29, 1.82) is 0 Å². The molecule has 0 unspecified atom stereocenters.